The summed E-state index contributed by atoms with van der Waals surface area (Å²) in [6.45, 7) is 3.70. The van der Waals surface area contributed by atoms with Crippen molar-refractivity contribution >= 4 is 11.8 Å². The predicted molar refractivity (Wildman–Crippen MR) is 80.3 cm³/mol. The zero-order valence-corrected chi connectivity index (χ0v) is 12.1. The highest BCUT2D eigenvalue weighted by Gasteiger charge is 2.36. The molecule has 112 valence electrons. The number of aryl methyl sites for hydroxylation is 2. The number of hydrogen-bond donors (Lipinski definition) is 2. The summed E-state index contributed by atoms with van der Waals surface area (Å²) >= 11 is 0. The molecule has 21 heavy (non-hydrogen) atoms. The van der Waals surface area contributed by atoms with Gasteiger partial charge in [-0.25, -0.2) is 9.78 Å². The molecule has 0 saturated carbocycles. The van der Waals surface area contributed by atoms with Crippen molar-refractivity contribution in [3.8, 4) is 0 Å². The number of nitrogens with two attached hydrogens (primary N) is 1. The van der Waals surface area contributed by atoms with Crippen molar-refractivity contribution in [1.29, 1.82) is 0 Å². The van der Waals surface area contributed by atoms with Crippen LogP contribution in [0.1, 0.15) is 23.2 Å². The summed E-state index contributed by atoms with van der Waals surface area (Å²) in [7, 11) is 0. The highest BCUT2D eigenvalue weighted by atomic mass is 16.2. The van der Waals surface area contributed by atoms with Crippen LogP contribution in [0.2, 0.25) is 0 Å². The number of nitrogens with one attached hydrogen (secondary N) is 1. The summed E-state index contributed by atoms with van der Waals surface area (Å²) in [5, 5.41) is 2.92. The van der Waals surface area contributed by atoms with Crippen LogP contribution in [0.5, 0.6) is 0 Å². The van der Waals surface area contributed by atoms with Crippen molar-refractivity contribution in [1.82, 2.24) is 15.2 Å². The summed E-state index contributed by atoms with van der Waals surface area (Å²) in [5.41, 5.74) is 9.69. The molecule has 0 spiro atoms. The minimum Gasteiger partial charge on any atom is -0.352 e. The maximum atomic E-state index is 11.7. The lowest BCUT2D eigenvalue weighted by Crippen LogP contribution is -2.52. The fraction of sp³-hybridized carbons (Fsp3) is 0.600. The lowest BCUT2D eigenvalue weighted by molar-refractivity contribution is 0.197. The van der Waals surface area contributed by atoms with Crippen molar-refractivity contribution in [3.63, 3.8) is 0 Å². The fourth-order valence-corrected chi connectivity index (χ4v) is 3.73. The summed E-state index contributed by atoms with van der Waals surface area (Å²) in [4.78, 5) is 20.8. The second-order valence-corrected chi connectivity index (χ2v) is 6.11. The molecule has 6 heteroatoms. The molecule has 0 radical (unpaired) electrons. The van der Waals surface area contributed by atoms with Crippen LogP contribution < -0.4 is 16.0 Å². The quantitative estimate of drug-likeness (QED) is 0.817. The number of nitrogens with zero attached hydrogens (tertiary/aromatic N) is 3. The number of aromatic nitrogens is 1. The average molecular weight is 287 g/mol. The summed E-state index contributed by atoms with van der Waals surface area (Å²) in [6.07, 6.45) is 3.41. The molecule has 1 aliphatic carbocycles. The number of anilines is 1. The summed E-state index contributed by atoms with van der Waals surface area (Å²) in [5.74, 6) is 1.04. The molecule has 2 fully saturated rings. The zero-order chi connectivity index (χ0) is 14.4. The molecule has 1 unspecified atom stereocenters. The molecule has 3 aliphatic rings. The number of carbonyl (C=O) groups excluding carboxylic acids is 1. The highest BCUT2D eigenvalue weighted by Crippen LogP contribution is 2.29. The Morgan fingerprint density at radius 3 is 3.14 bits per heavy atom. The molecule has 3 N–H and O–H groups in total. The Morgan fingerprint density at radius 1 is 1.38 bits per heavy atom. The van der Waals surface area contributed by atoms with Crippen molar-refractivity contribution in [2.24, 2.45) is 5.73 Å². The van der Waals surface area contributed by atoms with Gasteiger partial charge in [0, 0.05) is 44.0 Å². The van der Waals surface area contributed by atoms with Crippen LogP contribution in [-0.4, -0.2) is 48.1 Å². The van der Waals surface area contributed by atoms with E-state index in [1.807, 2.05) is 4.90 Å². The molecule has 3 heterocycles. The van der Waals surface area contributed by atoms with Crippen LogP contribution in [0.15, 0.2) is 6.07 Å². The van der Waals surface area contributed by atoms with E-state index in [0.717, 1.165) is 50.4 Å². The Morgan fingerprint density at radius 2 is 2.29 bits per heavy atom. The summed E-state index contributed by atoms with van der Waals surface area (Å²) in [6, 6.07) is 2.57. The number of rotatable bonds is 2. The van der Waals surface area contributed by atoms with Crippen LogP contribution in [0.3, 0.4) is 0 Å². The van der Waals surface area contributed by atoms with E-state index in [4.69, 9.17) is 10.7 Å². The monoisotopic (exact) mass is 287 g/mol. The third kappa shape index (κ3) is 2.05. The lowest BCUT2D eigenvalue weighted by Gasteiger charge is -2.38. The second-order valence-electron chi connectivity index (χ2n) is 6.11. The van der Waals surface area contributed by atoms with Crippen molar-refractivity contribution in [3.05, 3.63) is 22.9 Å². The average Bonchev–Trinajstić information content (AvgIpc) is 3.12. The molecule has 0 bridgehead atoms. The van der Waals surface area contributed by atoms with Crippen molar-refractivity contribution in [2.75, 3.05) is 31.1 Å². The van der Waals surface area contributed by atoms with Gasteiger partial charge in [0.1, 0.15) is 5.82 Å². The number of urea groups is 1. The van der Waals surface area contributed by atoms with Crippen molar-refractivity contribution < 1.29 is 4.79 Å². The van der Waals surface area contributed by atoms with Gasteiger partial charge in [-0.2, -0.15) is 0 Å². The van der Waals surface area contributed by atoms with E-state index in [-0.39, 0.29) is 12.1 Å². The lowest BCUT2D eigenvalue weighted by atomic mass is 10.1. The van der Waals surface area contributed by atoms with Gasteiger partial charge in [-0.3, -0.25) is 0 Å². The first-order valence-corrected chi connectivity index (χ1v) is 7.77. The second kappa shape index (κ2) is 4.87. The molecule has 6 nitrogen and oxygen atoms in total. The van der Waals surface area contributed by atoms with Gasteiger partial charge in [0.15, 0.2) is 0 Å². The van der Waals surface area contributed by atoms with Gasteiger partial charge >= 0.3 is 6.03 Å². The first-order valence-electron chi connectivity index (χ1n) is 7.77. The van der Waals surface area contributed by atoms with Crippen LogP contribution >= 0.6 is 0 Å². The van der Waals surface area contributed by atoms with E-state index in [1.165, 1.54) is 17.7 Å². The fourth-order valence-electron chi connectivity index (χ4n) is 3.73. The first kappa shape index (κ1) is 12.9. The van der Waals surface area contributed by atoms with Crippen LogP contribution in [-0.2, 0) is 19.4 Å². The Balaban J connectivity index is 1.63. The minimum atomic E-state index is 0.0700. The number of piperazine rings is 1. The Labute approximate surface area is 124 Å². The van der Waals surface area contributed by atoms with Crippen molar-refractivity contribution in [2.45, 2.75) is 31.8 Å². The molecule has 1 aromatic rings. The van der Waals surface area contributed by atoms with E-state index in [9.17, 15) is 4.79 Å². The van der Waals surface area contributed by atoms with Crippen LogP contribution in [0, 0.1) is 0 Å². The zero-order valence-electron chi connectivity index (χ0n) is 12.1. The van der Waals surface area contributed by atoms with Gasteiger partial charge < -0.3 is 20.9 Å². The van der Waals surface area contributed by atoms with E-state index in [0.29, 0.717) is 6.54 Å². The molecule has 2 amide bonds. The number of pyridine rings is 1. The topological polar surface area (TPSA) is 74.5 Å². The molecule has 4 rings (SSSR count). The third-order valence-corrected chi connectivity index (χ3v) is 4.86. The molecular weight excluding hydrogens is 266 g/mol. The Kier molecular flexibility index (Phi) is 2.99. The Bertz CT molecular complexity index is 588. The number of fused-ring (bicyclic) bond motifs is 2. The minimum absolute atomic E-state index is 0.0700. The maximum absolute atomic E-state index is 11.7. The van der Waals surface area contributed by atoms with E-state index in [1.54, 1.807) is 0 Å². The van der Waals surface area contributed by atoms with Gasteiger partial charge in [-0.05, 0) is 30.9 Å². The van der Waals surface area contributed by atoms with Gasteiger partial charge in [0.05, 0.1) is 6.04 Å². The Hall–Kier alpha value is -1.82. The molecule has 1 aromatic heterocycles. The van der Waals surface area contributed by atoms with Gasteiger partial charge in [0.2, 0.25) is 0 Å². The third-order valence-electron chi connectivity index (χ3n) is 4.86. The van der Waals surface area contributed by atoms with Crippen LogP contribution in [0.4, 0.5) is 10.6 Å². The van der Waals surface area contributed by atoms with E-state index in [2.05, 4.69) is 16.3 Å². The van der Waals surface area contributed by atoms with E-state index >= 15 is 0 Å². The summed E-state index contributed by atoms with van der Waals surface area (Å²) < 4.78 is 0. The number of amides is 2. The SMILES string of the molecule is NCc1cc2c(nc1N1CCN3C(=O)NCC3C1)CCC2. The van der Waals surface area contributed by atoms with Gasteiger partial charge in [0.25, 0.3) is 0 Å². The molecule has 1 atom stereocenters. The predicted octanol–water partition coefficient (Wildman–Crippen LogP) is 0.243. The molecule has 2 saturated heterocycles. The molecule has 0 aromatic carbocycles. The highest BCUT2D eigenvalue weighted by molar-refractivity contribution is 5.77. The van der Waals surface area contributed by atoms with Gasteiger partial charge in [-0.1, -0.05) is 0 Å². The first-order chi connectivity index (χ1) is 10.3. The van der Waals surface area contributed by atoms with Crippen LogP contribution in [0.25, 0.3) is 0 Å². The molecular formula is C15H21N5O. The van der Waals surface area contributed by atoms with E-state index < -0.39 is 0 Å². The number of hydrogen-bond acceptors (Lipinski definition) is 4. The molecule has 2 aliphatic heterocycles. The standard InChI is InChI=1S/C15H21N5O/c16-7-11-6-10-2-1-3-13(10)18-14(11)19-4-5-20-12(9-19)8-17-15(20)21/h6,12H,1-5,7-9,16H2,(H,17,21). The maximum Gasteiger partial charge on any atom is 0.317 e. The van der Waals surface area contributed by atoms with Gasteiger partial charge in [-0.15, -0.1) is 0 Å². The normalized spacial score (nSPS) is 24.0. The largest absolute Gasteiger partial charge is 0.352 e. The smallest absolute Gasteiger partial charge is 0.317 e. The number of carbonyl (C=O) groups is 1.